The van der Waals surface area contributed by atoms with Gasteiger partial charge in [-0.1, -0.05) is 24.3 Å². The van der Waals surface area contributed by atoms with Crippen molar-refractivity contribution in [2.45, 2.75) is 12.8 Å². The van der Waals surface area contributed by atoms with Gasteiger partial charge < -0.3 is 10.4 Å². The lowest BCUT2D eigenvalue weighted by molar-refractivity contribution is -0.138. The van der Waals surface area contributed by atoms with Gasteiger partial charge in [-0.05, 0) is 17.5 Å². The van der Waals surface area contributed by atoms with Crippen LogP contribution in [0.2, 0.25) is 0 Å². The van der Waals surface area contributed by atoms with Crippen molar-refractivity contribution in [1.29, 1.82) is 0 Å². The molecule has 2 aromatic carbocycles. The summed E-state index contributed by atoms with van der Waals surface area (Å²) in [5.41, 5.74) is 0.682. The van der Waals surface area contributed by atoms with E-state index >= 15 is 0 Å². The molecule has 0 spiro atoms. The fraction of sp³-hybridized carbons (Fsp3) is 0.211. The minimum Gasteiger partial charge on any atom is -0.481 e. The second-order valence-electron chi connectivity index (χ2n) is 6.11. The largest absolute Gasteiger partial charge is 0.481 e. The van der Waals surface area contributed by atoms with Crippen LogP contribution in [0.4, 0.5) is 0 Å². The van der Waals surface area contributed by atoms with Gasteiger partial charge in [0, 0.05) is 22.9 Å². The van der Waals surface area contributed by atoms with E-state index < -0.39 is 36.0 Å². The Balaban J connectivity index is 1.70. The van der Waals surface area contributed by atoms with Crippen molar-refractivity contribution >= 4 is 40.2 Å². The topological polar surface area (TPSA) is 121 Å². The third kappa shape index (κ3) is 3.69. The molecule has 2 aromatic rings. The molecule has 2 N–H and O–H groups in total. The highest BCUT2D eigenvalue weighted by Crippen LogP contribution is 2.29. The summed E-state index contributed by atoms with van der Waals surface area (Å²) in [6.45, 7) is -0.872. The standard InChI is InChI=1S/C19H16N2O6/c22-12(7-8-16(24)25)9-20-15(23)10-21-18(26)13-5-1-3-11-4-2-6-14(17(11)13)19(21)27/h1-6H,7-10H2,(H,20,23)(H,24,25). The molecule has 3 rings (SSSR count). The van der Waals surface area contributed by atoms with E-state index in [9.17, 15) is 24.0 Å². The Morgan fingerprint density at radius 2 is 1.52 bits per heavy atom. The molecule has 8 heteroatoms. The number of carboxylic acid groups (broad SMARTS) is 1. The minimum atomic E-state index is -1.10. The van der Waals surface area contributed by atoms with Crippen LogP contribution in [0.3, 0.4) is 0 Å². The zero-order valence-corrected chi connectivity index (χ0v) is 14.2. The number of benzene rings is 2. The molecule has 0 atom stereocenters. The average Bonchev–Trinajstić information content (AvgIpc) is 2.66. The van der Waals surface area contributed by atoms with E-state index in [0.29, 0.717) is 16.5 Å². The normalized spacial score (nSPS) is 13.0. The van der Waals surface area contributed by atoms with Crippen LogP contribution in [0, 0.1) is 0 Å². The number of hydrogen-bond donors (Lipinski definition) is 2. The first kappa shape index (κ1) is 18.2. The summed E-state index contributed by atoms with van der Waals surface area (Å²) in [7, 11) is 0. The average molecular weight is 368 g/mol. The van der Waals surface area contributed by atoms with Gasteiger partial charge in [-0.15, -0.1) is 0 Å². The molecule has 1 aliphatic heterocycles. The van der Waals surface area contributed by atoms with Crippen LogP contribution in [0.1, 0.15) is 33.6 Å². The van der Waals surface area contributed by atoms with Gasteiger partial charge in [-0.3, -0.25) is 28.9 Å². The summed E-state index contributed by atoms with van der Waals surface area (Å²) < 4.78 is 0. The van der Waals surface area contributed by atoms with Crippen LogP contribution in [0.25, 0.3) is 10.8 Å². The molecule has 138 valence electrons. The number of carboxylic acids is 1. The lowest BCUT2D eigenvalue weighted by Crippen LogP contribution is -2.47. The van der Waals surface area contributed by atoms with E-state index in [-0.39, 0.29) is 19.4 Å². The molecule has 0 aromatic heterocycles. The van der Waals surface area contributed by atoms with Crippen molar-refractivity contribution in [3.8, 4) is 0 Å². The number of carbonyl (C=O) groups is 5. The molecular weight excluding hydrogens is 352 g/mol. The van der Waals surface area contributed by atoms with Crippen molar-refractivity contribution in [3.63, 3.8) is 0 Å². The minimum absolute atomic E-state index is 0.202. The summed E-state index contributed by atoms with van der Waals surface area (Å²) >= 11 is 0. The summed E-state index contributed by atoms with van der Waals surface area (Å²) in [5.74, 6) is -3.37. The molecule has 0 radical (unpaired) electrons. The summed E-state index contributed by atoms with van der Waals surface area (Å²) in [6, 6.07) is 10.2. The third-order valence-electron chi connectivity index (χ3n) is 4.26. The van der Waals surface area contributed by atoms with E-state index in [2.05, 4.69) is 5.32 Å². The van der Waals surface area contributed by atoms with Crippen LogP contribution in [-0.4, -0.2) is 52.6 Å². The molecule has 0 saturated heterocycles. The number of rotatable bonds is 7. The van der Waals surface area contributed by atoms with Crippen molar-refractivity contribution in [2.24, 2.45) is 0 Å². The Bertz CT molecular complexity index is 931. The number of carbonyl (C=O) groups excluding carboxylic acids is 4. The molecule has 8 nitrogen and oxygen atoms in total. The second kappa shape index (κ2) is 7.36. The smallest absolute Gasteiger partial charge is 0.303 e. The van der Waals surface area contributed by atoms with Gasteiger partial charge in [0.15, 0.2) is 5.78 Å². The Kier molecular flexibility index (Phi) is 4.98. The highest BCUT2D eigenvalue weighted by Gasteiger charge is 2.33. The van der Waals surface area contributed by atoms with E-state index in [1.807, 2.05) is 0 Å². The molecule has 1 heterocycles. The number of imide groups is 1. The first-order valence-electron chi connectivity index (χ1n) is 8.26. The molecule has 0 saturated carbocycles. The predicted octanol–water partition coefficient (Wildman–Crippen LogP) is 0.986. The van der Waals surface area contributed by atoms with Gasteiger partial charge in [-0.2, -0.15) is 0 Å². The van der Waals surface area contributed by atoms with Crippen LogP contribution in [0.15, 0.2) is 36.4 Å². The highest BCUT2D eigenvalue weighted by molar-refractivity contribution is 6.26. The molecule has 0 unspecified atom stereocenters. The summed E-state index contributed by atoms with van der Waals surface area (Å²) in [6.07, 6.45) is -0.523. The zero-order chi connectivity index (χ0) is 19.6. The fourth-order valence-corrected chi connectivity index (χ4v) is 2.96. The van der Waals surface area contributed by atoms with Crippen molar-refractivity contribution < 1.29 is 29.1 Å². The molecule has 0 aliphatic carbocycles. The van der Waals surface area contributed by atoms with Crippen LogP contribution in [0.5, 0.6) is 0 Å². The molecule has 0 fully saturated rings. The van der Waals surface area contributed by atoms with Crippen LogP contribution < -0.4 is 5.32 Å². The van der Waals surface area contributed by atoms with Crippen molar-refractivity contribution in [2.75, 3.05) is 13.1 Å². The van der Waals surface area contributed by atoms with E-state index in [1.165, 1.54) is 0 Å². The Morgan fingerprint density at radius 1 is 0.926 bits per heavy atom. The quantitative estimate of drug-likeness (QED) is 0.703. The molecular formula is C19H16N2O6. The second-order valence-corrected chi connectivity index (χ2v) is 6.11. The number of aliphatic carboxylic acids is 1. The first-order valence-corrected chi connectivity index (χ1v) is 8.26. The maximum absolute atomic E-state index is 12.7. The highest BCUT2D eigenvalue weighted by atomic mass is 16.4. The maximum atomic E-state index is 12.7. The number of hydrogen-bond acceptors (Lipinski definition) is 5. The Labute approximate surface area is 153 Å². The van der Waals surface area contributed by atoms with E-state index in [1.54, 1.807) is 36.4 Å². The van der Waals surface area contributed by atoms with Crippen molar-refractivity contribution in [1.82, 2.24) is 10.2 Å². The van der Waals surface area contributed by atoms with Gasteiger partial charge in [0.1, 0.15) is 6.54 Å². The first-order chi connectivity index (χ1) is 12.9. The molecule has 27 heavy (non-hydrogen) atoms. The van der Waals surface area contributed by atoms with Gasteiger partial charge in [0.25, 0.3) is 11.8 Å². The van der Waals surface area contributed by atoms with Gasteiger partial charge >= 0.3 is 5.97 Å². The number of Topliss-reactive ketones (excluding diaryl/α,β-unsaturated/α-hetero) is 1. The lowest BCUT2D eigenvalue weighted by Gasteiger charge is -2.26. The number of nitrogens with one attached hydrogen (secondary N) is 1. The summed E-state index contributed by atoms with van der Waals surface area (Å²) in [5, 5.41) is 12.2. The van der Waals surface area contributed by atoms with E-state index in [4.69, 9.17) is 5.11 Å². The predicted molar refractivity (Wildman–Crippen MR) is 94.2 cm³/mol. The monoisotopic (exact) mass is 368 g/mol. The van der Waals surface area contributed by atoms with E-state index in [0.717, 1.165) is 10.3 Å². The Hall–Kier alpha value is -3.55. The zero-order valence-electron chi connectivity index (χ0n) is 14.2. The molecule has 0 bridgehead atoms. The van der Waals surface area contributed by atoms with Crippen LogP contribution in [-0.2, 0) is 14.4 Å². The van der Waals surface area contributed by atoms with Gasteiger partial charge in [0.2, 0.25) is 5.91 Å². The fourth-order valence-electron chi connectivity index (χ4n) is 2.96. The van der Waals surface area contributed by atoms with Gasteiger partial charge in [-0.25, -0.2) is 0 Å². The van der Waals surface area contributed by atoms with Crippen LogP contribution >= 0.6 is 0 Å². The Morgan fingerprint density at radius 3 is 2.07 bits per heavy atom. The molecule has 1 aliphatic rings. The lowest BCUT2D eigenvalue weighted by atomic mass is 9.94. The maximum Gasteiger partial charge on any atom is 0.303 e. The summed E-state index contributed by atoms with van der Waals surface area (Å²) in [4.78, 5) is 60.2. The number of amides is 3. The molecule has 3 amide bonds. The SMILES string of the molecule is O=C(O)CCC(=O)CNC(=O)CN1C(=O)c2cccc3cccc(c23)C1=O. The number of nitrogens with zero attached hydrogens (tertiary/aromatic N) is 1. The number of ketones is 1. The third-order valence-corrected chi connectivity index (χ3v) is 4.26. The van der Waals surface area contributed by atoms with Gasteiger partial charge in [0.05, 0.1) is 13.0 Å². The van der Waals surface area contributed by atoms with Crippen molar-refractivity contribution in [3.05, 3.63) is 47.5 Å².